The number of nitrogens with one attached hydrogen (secondary N) is 1. The lowest BCUT2D eigenvalue weighted by Gasteiger charge is -2.07. The maximum Gasteiger partial charge on any atom is 0.0875 e. The maximum atomic E-state index is 10.8. The normalized spacial score (nSPS) is 11.2. The summed E-state index contributed by atoms with van der Waals surface area (Å²) in [6.45, 7) is 0. The predicted molar refractivity (Wildman–Crippen MR) is 97.0 cm³/mol. The Hall–Kier alpha value is -3.14. The van der Waals surface area contributed by atoms with Crippen molar-refractivity contribution in [1.82, 2.24) is 9.97 Å². The number of carboxylic acid groups (broad SMARTS) is 1. The Morgan fingerprint density at radius 2 is 1.80 bits per heavy atom. The Bertz CT molecular complexity index is 1070. The first-order chi connectivity index (χ1) is 12.2. The third-order valence-corrected chi connectivity index (χ3v) is 4.48. The fraction of sp³-hybridized carbons (Fsp3) is 0.143. The molecule has 4 aromatic rings. The van der Waals surface area contributed by atoms with Gasteiger partial charge in [0.1, 0.15) is 0 Å². The van der Waals surface area contributed by atoms with Crippen LogP contribution in [-0.2, 0) is 11.2 Å². The second-order valence-electron chi connectivity index (χ2n) is 6.14. The molecule has 0 radical (unpaired) electrons. The topological polar surface area (TPSA) is 68.8 Å². The molecule has 0 amide bonds. The average molecular weight is 329 g/mol. The monoisotopic (exact) mass is 329 g/mol. The van der Waals surface area contributed by atoms with Crippen LogP contribution < -0.4 is 5.11 Å². The molecule has 0 fully saturated rings. The van der Waals surface area contributed by atoms with Crippen LogP contribution in [0.15, 0.2) is 60.7 Å². The molecule has 0 aliphatic carbocycles. The molecule has 0 spiro atoms. The summed E-state index contributed by atoms with van der Waals surface area (Å²) in [5, 5.41) is 13.0. The van der Waals surface area contributed by atoms with E-state index in [1.54, 1.807) is 0 Å². The summed E-state index contributed by atoms with van der Waals surface area (Å²) >= 11 is 0. The Morgan fingerprint density at radius 3 is 2.68 bits per heavy atom. The summed E-state index contributed by atoms with van der Waals surface area (Å²) in [7, 11) is 0. The smallest absolute Gasteiger partial charge is 0.0875 e. The number of carbonyl (C=O) groups excluding carboxylic acids is 1. The Kier molecular flexibility index (Phi) is 3.94. The van der Waals surface area contributed by atoms with Crippen LogP contribution >= 0.6 is 0 Å². The van der Waals surface area contributed by atoms with Gasteiger partial charge < -0.3 is 14.9 Å². The first kappa shape index (κ1) is 15.4. The zero-order valence-corrected chi connectivity index (χ0v) is 13.7. The van der Waals surface area contributed by atoms with Crippen molar-refractivity contribution >= 4 is 27.8 Å². The van der Waals surface area contributed by atoms with E-state index >= 15 is 0 Å². The maximum absolute atomic E-state index is 10.8. The number of pyridine rings is 1. The van der Waals surface area contributed by atoms with Gasteiger partial charge in [-0.05, 0) is 43.0 Å². The summed E-state index contributed by atoms with van der Waals surface area (Å²) in [5.41, 5.74) is 4.93. The molecule has 2 heterocycles. The van der Waals surface area contributed by atoms with E-state index in [1.807, 2.05) is 48.5 Å². The summed E-state index contributed by atoms with van der Waals surface area (Å²) in [4.78, 5) is 19.0. The van der Waals surface area contributed by atoms with Crippen LogP contribution in [0.25, 0.3) is 33.2 Å². The lowest BCUT2D eigenvalue weighted by atomic mass is 10.0. The zero-order chi connectivity index (χ0) is 17.2. The molecule has 4 nitrogen and oxygen atoms in total. The minimum Gasteiger partial charge on any atom is -0.550 e. The Balaban J connectivity index is 1.82. The number of aromatic nitrogens is 2. The van der Waals surface area contributed by atoms with Crippen molar-refractivity contribution in [3.63, 3.8) is 0 Å². The SMILES string of the molecule is O=C([O-])CCCc1c(-c2ccc3ccccc3n2)[nH]c2ccccc12. The highest BCUT2D eigenvalue weighted by Gasteiger charge is 2.14. The first-order valence-electron chi connectivity index (χ1n) is 8.38. The minimum absolute atomic E-state index is 0.0596. The zero-order valence-electron chi connectivity index (χ0n) is 13.7. The minimum atomic E-state index is -1.01. The van der Waals surface area contributed by atoms with Gasteiger partial charge in [0, 0.05) is 22.3 Å². The van der Waals surface area contributed by atoms with Crippen molar-refractivity contribution in [1.29, 1.82) is 0 Å². The van der Waals surface area contributed by atoms with E-state index in [4.69, 9.17) is 4.98 Å². The molecule has 1 N–H and O–H groups in total. The van der Waals surface area contributed by atoms with Crippen LogP contribution in [0.4, 0.5) is 0 Å². The highest BCUT2D eigenvalue weighted by Crippen LogP contribution is 2.31. The van der Waals surface area contributed by atoms with Crippen LogP contribution in [0.2, 0.25) is 0 Å². The van der Waals surface area contributed by atoms with Crippen LogP contribution in [0.3, 0.4) is 0 Å². The van der Waals surface area contributed by atoms with Crippen molar-refractivity contribution in [2.75, 3.05) is 0 Å². The summed E-state index contributed by atoms with van der Waals surface area (Å²) in [5.74, 6) is -1.01. The lowest BCUT2D eigenvalue weighted by Crippen LogP contribution is -2.21. The molecule has 0 bridgehead atoms. The predicted octanol–water partition coefficient (Wildman–Crippen LogP) is 3.46. The van der Waals surface area contributed by atoms with E-state index in [9.17, 15) is 9.90 Å². The van der Waals surface area contributed by atoms with Crippen molar-refractivity contribution in [2.24, 2.45) is 0 Å². The number of aryl methyl sites for hydroxylation is 1. The van der Waals surface area contributed by atoms with Gasteiger partial charge in [0.25, 0.3) is 0 Å². The van der Waals surface area contributed by atoms with Gasteiger partial charge in [0.15, 0.2) is 0 Å². The van der Waals surface area contributed by atoms with Gasteiger partial charge in [0.2, 0.25) is 0 Å². The van der Waals surface area contributed by atoms with Gasteiger partial charge in [0.05, 0.1) is 16.9 Å². The van der Waals surface area contributed by atoms with Gasteiger partial charge in [-0.3, -0.25) is 0 Å². The summed E-state index contributed by atoms with van der Waals surface area (Å²) in [6.07, 6.45) is 1.27. The van der Waals surface area contributed by atoms with Crippen molar-refractivity contribution in [2.45, 2.75) is 19.3 Å². The Morgan fingerprint density at radius 1 is 1.00 bits per heavy atom. The van der Waals surface area contributed by atoms with E-state index in [0.717, 1.165) is 38.8 Å². The molecule has 4 heteroatoms. The number of aromatic amines is 1. The molecule has 0 unspecified atom stereocenters. The van der Waals surface area contributed by atoms with E-state index in [2.05, 4.69) is 17.1 Å². The van der Waals surface area contributed by atoms with Crippen LogP contribution in [0.1, 0.15) is 18.4 Å². The molecule has 0 atom stereocenters. The van der Waals surface area contributed by atoms with E-state index in [1.165, 1.54) is 0 Å². The average Bonchev–Trinajstić information content (AvgIpc) is 3.00. The summed E-state index contributed by atoms with van der Waals surface area (Å²) < 4.78 is 0. The van der Waals surface area contributed by atoms with Crippen LogP contribution in [0, 0.1) is 0 Å². The van der Waals surface area contributed by atoms with Gasteiger partial charge in [-0.2, -0.15) is 0 Å². The second kappa shape index (κ2) is 6.40. The third-order valence-electron chi connectivity index (χ3n) is 4.48. The number of benzene rings is 2. The molecular weight excluding hydrogens is 312 g/mol. The highest BCUT2D eigenvalue weighted by molar-refractivity contribution is 5.91. The van der Waals surface area contributed by atoms with Crippen molar-refractivity contribution < 1.29 is 9.90 Å². The number of carbonyl (C=O) groups is 1. The fourth-order valence-electron chi connectivity index (χ4n) is 3.29. The number of hydrogen-bond donors (Lipinski definition) is 1. The fourth-order valence-corrected chi connectivity index (χ4v) is 3.29. The molecule has 124 valence electrons. The molecule has 0 aliphatic heterocycles. The molecule has 4 rings (SSSR count). The molecule has 0 saturated heterocycles. The number of aliphatic carboxylic acids is 1. The van der Waals surface area contributed by atoms with Gasteiger partial charge in [-0.15, -0.1) is 0 Å². The van der Waals surface area contributed by atoms with Crippen LogP contribution in [0.5, 0.6) is 0 Å². The largest absolute Gasteiger partial charge is 0.550 e. The molecule has 0 saturated carbocycles. The number of fused-ring (bicyclic) bond motifs is 2. The number of rotatable bonds is 5. The second-order valence-corrected chi connectivity index (χ2v) is 6.14. The van der Waals surface area contributed by atoms with E-state index in [-0.39, 0.29) is 6.42 Å². The first-order valence-corrected chi connectivity index (χ1v) is 8.38. The molecule has 25 heavy (non-hydrogen) atoms. The quantitative estimate of drug-likeness (QED) is 0.609. The standard InChI is InChI=1S/C21H18N2O2/c24-20(25)11-5-8-16-15-7-2-4-10-18(15)23-21(16)19-13-12-14-6-1-3-9-17(14)22-19/h1-4,6-7,9-10,12-13,23H,5,8,11H2,(H,24,25)/p-1. The number of H-pyrrole nitrogens is 1. The molecule has 0 aliphatic rings. The molecule has 2 aromatic heterocycles. The van der Waals surface area contributed by atoms with Gasteiger partial charge in [-0.25, -0.2) is 4.98 Å². The number of hydrogen-bond acceptors (Lipinski definition) is 3. The van der Waals surface area contributed by atoms with Gasteiger partial charge in [-0.1, -0.05) is 42.5 Å². The van der Waals surface area contributed by atoms with Crippen molar-refractivity contribution in [3.05, 3.63) is 66.2 Å². The number of carboxylic acids is 1. The van der Waals surface area contributed by atoms with Gasteiger partial charge >= 0.3 is 0 Å². The number of para-hydroxylation sites is 2. The number of nitrogens with zero attached hydrogens (tertiary/aromatic N) is 1. The van der Waals surface area contributed by atoms with Crippen LogP contribution in [-0.4, -0.2) is 15.9 Å². The van der Waals surface area contributed by atoms with Crippen molar-refractivity contribution in [3.8, 4) is 11.4 Å². The highest BCUT2D eigenvalue weighted by atomic mass is 16.4. The van der Waals surface area contributed by atoms with E-state index < -0.39 is 5.97 Å². The lowest BCUT2D eigenvalue weighted by molar-refractivity contribution is -0.305. The Labute approximate surface area is 145 Å². The van der Waals surface area contributed by atoms with E-state index in [0.29, 0.717) is 12.8 Å². The molecule has 2 aromatic carbocycles. The third kappa shape index (κ3) is 2.98. The molecular formula is C21H17N2O2-. The summed E-state index contributed by atoms with van der Waals surface area (Å²) in [6, 6.07) is 20.2.